The Morgan fingerprint density at radius 3 is 2.25 bits per heavy atom. The molecule has 0 aromatic heterocycles. The van der Waals surface area contributed by atoms with E-state index < -0.39 is 23.6 Å². The summed E-state index contributed by atoms with van der Waals surface area (Å²) in [5, 5.41) is 18.3. The normalized spacial score (nSPS) is 10.6. The van der Waals surface area contributed by atoms with E-state index in [0.717, 1.165) is 0 Å². The molecule has 6 heteroatoms. The van der Waals surface area contributed by atoms with Crippen molar-refractivity contribution in [3.63, 3.8) is 0 Å². The van der Waals surface area contributed by atoms with Gasteiger partial charge in [0.25, 0.3) is 5.09 Å². The second kappa shape index (κ2) is 7.77. The van der Waals surface area contributed by atoms with Crippen LogP contribution in [0.1, 0.15) is 27.2 Å². The Balaban J connectivity index is 0. The van der Waals surface area contributed by atoms with E-state index in [1.165, 1.54) is 6.92 Å². The van der Waals surface area contributed by atoms with Crippen LogP contribution in [0.5, 0.6) is 0 Å². The van der Waals surface area contributed by atoms with E-state index in [4.69, 9.17) is 0 Å². The van der Waals surface area contributed by atoms with E-state index in [2.05, 4.69) is 4.84 Å². The lowest BCUT2D eigenvalue weighted by Gasteiger charge is -2.08. The van der Waals surface area contributed by atoms with Crippen molar-refractivity contribution in [3.05, 3.63) is 10.1 Å². The van der Waals surface area contributed by atoms with Crippen molar-refractivity contribution < 1.29 is 19.8 Å². The van der Waals surface area contributed by atoms with Crippen molar-refractivity contribution in [1.29, 1.82) is 0 Å². The molecule has 0 heterocycles. The highest BCUT2D eigenvalue weighted by molar-refractivity contribution is 5.64. The van der Waals surface area contributed by atoms with E-state index in [9.17, 15) is 20.0 Å². The van der Waals surface area contributed by atoms with Crippen LogP contribution in [0, 0.1) is 10.1 Å². The Labute approximate surface area is 70.2 Å². The van der Waals surface area contributed by atoms with Gasteiger partial charge in [-0.1, -0.05) is 13.8 Å². The van der Waals surface area contributed by atoms with Crippen molar-refractivity contribution in [2.45, 2.75) is 33.3 Å². The molecule has 0 aromatic rings. The van der Waals surface area contributed by atoms with Crippen LogP contribution in [0.25, 0.3) is 0 Å². The van der Waals surface area contributed by atoms with Crippen LogP contribution in [0.2, 0.25) is 0 Å². The van der Waals surface area contributed by atoms with Crippen molar-refractivity contribution >= 4 is 5.97 Å². The minimum Gasteiger partial charge on any atom is -0.550 e. The van der Waals surface area contributed by atoms with Crippen molar-refractivity contribution in [3.8, 4) is 0 Å². The van der Waals surface area contributed by atoms with Crippen LogP contribution in [0.15, 0.2) is 0 Å². The highest BCUT2D eigenvalue weighted by atomic mass is 17.0. The van der Waals surface area contributed by atoms with Gasteiger partial charge in [-0.25, -0.2) is 0 Å². The number of carbonyl (C=O) groups is 1. The van der Waals surface area contributed by atoms with Crippen LogP contribution >= 0.6 is 0 Å². The number of carboxylic acids is 1. The summed E-state index contributed by atoms with van der Waals surface area (Å²) in [5.74, 6) is -1.37. The fourth-order valence-corrected chi connectivity index (χ4v) is 0.419. The summed E-state index contributed by atoms with van der Waals surface area (Å²) >= 11 is 0. The molecule has 12 heavy (non-hydrogen) atoms. The fourth-order valence-electron chi connectivity index (χ4n) is 0.419. The monoisotopic (exact) mass is 178 g/mol. The summed E-state index contributed by atoms with van der Waals surface area (Å²) in [5.41, 5.74) is 0. The van der Waals surface area contributed by atoms with Gasteiger partial charge in [-0.3, -0.25) is 0 Å². The Bertz CT molecular complexity index is 131. The zero-order chi connectivity index (χ0) is 10.1. The smallest absolute Gasteiger partial charge is 0.294 e. The second-order valence-corrected chi connectivity index (χ2v) is 1.72. The van der Waals surface area contributed by atoms with E-state index in [1.54, 1.807) is 0 Å². The van der Waals surface area contributed by atoms with Crippen LogP contribution in [-0.4, -0.2) is 17.2 Å². The number of carbonyl (C=O) groups excluding carboxylic acids is 1. The lowest BCUT2D eigenvalue weighted by Crippen LogP contribution is -2.28. The lowest BCUT2D eigenvalue weighted by molar-refractivity contribution is -0.767. The van der Waals surface area contributed by atoms with E-state index in [0.29, 0.717) is 0 Å². The SMILES string of the molecule is CC.CC(CC(=O)[O-])O[N+](=O)[O-]. The topological polar surface area (TPSA) is 92.5 Å². The maximum atomic E-state index is 9.78. The number of aliphatic carboxylic acids is 1. The first-order valence-electron chi connectivity index (χ1n) is 3.53. The second-order valence-electron chi connectivity index (χ2n) is 1.72. The van der Waals surface area contributed by atoms with E-state index in [-0.39, 0.29) is 0 Å². The Hall–Kier alpha value is -1.33. The molecule has 0 fully saturated rings. The third-order valence-corrected chi connectivity index (χ3v) is 0.720. The average molecular weight is 178 g/mol. The molecule has 0 radical (unpaired) electrons. The van der Waals surface area contributed by atoms with Gasteiger partial charge in [-0.2, -0.15) is 0 Å². The fraction of sp³-hybridized carbons (Fsp3) is 0.833. The van der Waals surface area contributed by atoms with Crippen molar-refractivity contribution in [2.75, 3.05) is 0 Å². The molecular weight excluding hydrogens is 166 g/mol. The Morgan fingerprint density at radius 2 is 2.00 bits per heavy atom. The molecule has 6 nitrogen and oxygen atoms in total. The van der Waals surface area contributed by atoms with E-state index >= 15 is 0 Å². The number of hydrogen-bond donors (Lipinski definition) is 0. The molecule has 72 valence electrons. The van der Waals surface area contributed by atoms with Gasteiger partial charge < -0.3 is 14.7 Å². The van der Waals surface area contributed by atoms with Crippen LogP contribution in [0.3, 0.4) is 0 Å². The summed E-state index contributed by atoms with van der Waals surface area (Å²) in [6, 6.07) is 0. The first-order chi connectivity index (χ1) is 5.52. The van der Waals surface area contributed by atoms with Gasteiger partial charge in [0, 0.05) is 12.4 Å². The summed E-state index contributed by atoms with van der Waals surface area (Å²) in [6.45, 7) is 5.28. The summed E-state index contributed by atoms with van der Waals surface area (Å²) in [7, 11) is 0. The van der Waals surface area contributed by atoms with E-state index in [1.807, 2.05) is 13.8 Å². The van der Waals surface area contributed by atoms with Crippen molar-refractivity contribution in [2.24, 2.45) is 0 Å². The van der Waals surface area contributed by atoms with Gasteiger partial charge in [0.2, 0.25) is 0 Å². The Morgan fingerprint density at radius 1 is 1.58 bits per heavy atom. The predicted octanol–water partition coefficient (Wildman–Crippen LogP) is -0.251. The molecule has 0 spiro atoms. The molecule has 0 aliphatic carbocycles. The maximum absolute atomic E-state index is 9.78. The van der Waals surface area contributed by atoms with Gasteiger partial charge >= 0.3 is 0 Å². The molecule has 0 rings (SSSR count). The molecule has 0 saturated carbocycles. The number of rotatable bonds is 4. The zero-order valence-electron chi connectivity index (χ0n) is 7.27. The zero-order valence-corrected chi connectivity index (χ0v) is 7.27. The molecule has 0 saturated heterocycles. The van der Waals surface area contributed by atoms with Crippen molar-refractivity contribution in [1.82, 2.24) is 0 Å². The quantitative estimate of drug-likeness (QED) is 0.437. The molecular formula is C6H12NO5-. The number of carboxylic acid groups (broad SMARTS) is 1. The van der Waals surface area contributed by atoms with Crippen LogP contribution in [-0.2, 0) is 9.63 Å². The minimum atomic E-state index is -1.37. The first kappa shape index (κ1) is 13.3. The molecule has 0 amide bonds. The summed E-state index contributed by atoms with van der Waals surface area (Å²) < 4.78 is 0. The molecule has 0 aromatic carbocycles. The molecule has 0 bridgehead atoms. The van der Waals surface area contributed by atoms with Crippen LogP contribution in [0.4, 0.5) is 0 Å². The van der Waals surface area contributed by atoms with Gasteiger partial charge in [0.15, 0.2) is 0 Å². The largest absolute Gasteiger partial charge is 0.550 e. The molecule has 0 aliphatic rings. The third-order valence-electron chi connectivity index (χ3n) is 0.720. The van der Waals surface area contributed by atoms with Gasteiger partial charge in [-0.15, -0.1) is 10.1 Å². The van der Waals surface area contributed by atoms with Gasteiger partial charge in [0.1, 0.15) is 6.10 Å². The number of nitrogens with zero attached hydrogens (tertiary/aromatic N) is 1. The third kappa shape index (κ3) is 11.5. The molecule has 0 N–H and O–H groups in total. The minimum absolute atomic E-state index is 0.471. The average Bonchev–Trinajstić information content (AvgIpc) is 1.87. The van der Waals surface area contributed by atoms with Crippen LogP contribution < -0.4 is 5.11 Å². The summed E-state index contributed by atoms with van der Waals surface area (Å²) in [6.07, 6.45) is -1.42. The maximum Gasteiger partial charge on any atom is 0.294 e. The van der Waals surface area contributed by atoms with Gasteiger partial charge in [-0.05, 0) is 6.92 Å². The Kier molecular flexibility index (Phi) is 8.60. The summed E-state index contributed by atoms with van der Waals surface area (Å²) in [4.78, 5) is 23.2. The standard InChI is InChI=1S/C4H7NO5.C2H6/c1-3(2-4(6)7)10-5(8)9;1-2/h3H,2H2,1H3,(H,6,7);1-2H3/p-1. The molecule has 0 aliphatic heterocycles. The number of hydrogen-bond acceptors (Lipinski definition) is 5. The van der Waals surface area contributed by atoms with Gasteiger partial charge in [0.05, 0.1) is 0 Å². The first-order valence-corrected chi connectivity index (χ1v) is 3.53. The molecule has 1 atom stereocenters. The predicted molar refractivity (Wildman–Crippen MR) is 38.5 cm³/mol. The highest BCUT2D eigenvalue weighted by Gasteiger charge is 2.05. The molecule has 1 unspecified atom stereocenters. The lowest BCUT2D eigenvalue weighted by atomic mass is 10.3. The highest BCUT2D eigenvalue weighted by Crippen LogP contribution is 1.94.